The number of hydrogen-bond acceptors (Lipinski definition) is 2. The van der Waals surface area contributed by atoms with Gasteiger partial charge in [-0.1, -0.05) is 43.3 Å². The van der Waals surface area contributed by atoms with Gasteiger partial charge in [-0.3, -0.25) is 4.79 Å². The number of aryl methyl sites for hydroxylation is 1. The van der Waals surface area contributed by atoms with Crippen molar-refractivity contribution in [3.8, 4) is 0 Å². The molecule has 1 aliphatic heterocycles. The Morgan fingerprint density at radius 1 is 1.11 bits per heavy atom. The summed E-state index contributed by atoms with van der Waals surface area (Å²) < 4.78 is 1.61. The Hall–Kier alpha value is -2.56. The summed E-state index contributed by atoms with van der Waals surface area (Å²) in [6.45, 7) is 5.92. The second kappa shape index (κ2) is 7.99. The van der Waals surface area contributed by atoms with Crippen molar-refractivity contribution in [1.29, 1.82) is 0 Å². The average Bonchev–Trinajstić information content (AvgIpc) is 2.89. The van der Waals surface area contributed by atoms with Gasteiger partial charge in [0, 0.05) is 37.9 Å². The third-order valence-corrected chi connectivity index (χ3v) is 5.91. The molecule has 1 atom stereocenters. The topological polar surface area (TPSA) is 54.3 Å². The van der Waals surface area contributed by atoms with E-state index in [9.17, 15) is 9.59 Å². The van der Waals surface area contributed by atoms with Gasteiger partial charge in [-0.2, -0.15) is 0 Å². The number of carbonyl (C=O) groups excluding carboxylic acids is 1. The number of rotatable bonds is 3. The minimum Gasteiger partial charge on any atom is -0.334 e. The fourth-order valence-electron chi connectivity index (χ4n) is 3.81. The van der Waals surface area contributed by atoms with Crippen molar-refractivity contribution < 1.29 is 4.79 Å². The number of pyridine rings is 1. The molecule has 27 heavy (non-hydrogen) atoms. The zero-order valence-corrected chi connectivity index (χ0v) is 16.5. The maximum atomic E-state index is 12.6. The Balaban J connectivity index is 1.62. The van der Waals surface area contributed by atoms with E-state index in [-0.39, 0.29) is 23.6 Å². The minimum atomic E-state index is -0.0880. The summed E-state index contributed by atoms with van der Waals surface area (Å²) in [4.78, 5) is 26.8. The molecule has 3 rings (SSSR count). The predicted octanol–water partition coefficient (Wildman–Crippen LogP) is 3.35. The van der Waals surface area contributed by atoms with Gasteiger partial charge in [0.2, 0.25) is 0 Å². The molecule has 1 aromatic heterocycles. The van der Waals surface area contributed by atoms with Gasteiger partial charge in [0.25, 0.3) is 5.56 Å². The van der Waals surface area contributed by atoms with Crippen molar-refractivity contribution in [2.24, 2.45) is 7.05 Å². The Labute approximate surface area is 161 Å². The third kappa shape index (κ3) is 4.24. The number of benzene rings is 1. The quantitative estimate of drug-likeness (QED) is 0.904. The number of carbonyl (C=O) groups is 1. The van der Waals surface area contributed by atoms with Crippen molar-refractivity contribution in [2.75, 3.05) is 13.1 Å². The van der Waals surface area contributed by atoms with E-state index in [1.54, 1.807) is 17.7 Å². The van der Waals surface area contributed by atoms with Gasteiger partial charge in [0.1, 0.15) is 0 Å². The molecule has 0 aliphatic carbocycles. The zero-order valence-electron chi connectivity index (χ0n) is 16.5. The van der Waals surface area contributed by atoms with Crippen molar-refractivity contribution >= 4 is 6.03 Å². The normalized spacial score (nSPS) is 20.2. The molecule has 2 amide bonds. The van der Waals surface area contributed by atoms with Crippen molar-refractivity contribution in [1.82, 2.24) is 14.8 Å². The molecule has 0 saturated carbocycles. The molecule has 0 bridgehead atoms. The molecule has 1 aliphatic rings. The maximum Gasteiger partial charge on any atom is 0.317 e. The van der Waals surface area contributed by atoms with E-state index >= 15 is 0 Å². The van der Waals surface area contributed by atoms with E-state index in [1.807, 2.05) is 24.0 Å². The molecular weight excluding hydrogens is 338 g/mol. The lowest BCUT2D eigenvalue weighted by Crippen LogP contribution is -2.41. The van der Waals surface area contributed by atoms with E-state index in [1.165, 1.54) is 5.56 Å². The second-order valence-corrected chi connectivity index (χ2v) is 7.79. The summed E-state index contributed by atoms with van der Waals surface area (Å²) >= 11 is 0. The molecule has 2 heterocycles. The Morgan fingerprint density at radius 2 is 1.85 bits per heavy atom. The van der Waals surface area contributed by atoms with Crippen molar-refractivity contribution in [2.45, 2.75) is 45.1 Å². The lowest BCUT2D eigenvalue weighted by atomic mass is 9.76. The number of urea groups is 1. The first-order valence-electron chi connectivity index (χ1n) is 9.64. The second-order valence-electron chi connectivity index (χ2n) is 7.79. The van der Waals surface area contributed by atoms with Crippen LogP contribution in [0, 0.1) is 6.92 Å². The smallest absolute Gasteiger partial charge is 0.317 e. The maximum absolute atomic E-state index is 12.6. The summed E-state index contributed by atoms with van der Waals surface area (Å²) in [6, 6.07) is 14.2. The van der Waals surface area contributed by atoms with Crippen LogP contribution in [0.5, 0.6) is 0 Å². The van der Waals surface area contributed by atoms with E-state index < -0.39 is 0 Å². The van der Waals surface area contributed by atoms with Crippen LogP contribution in [-0.2, 0) is 19.0 Å². The molecule has 0 spiro atoms. The van der Waals surface area contributed by atoms with Gasteiger partial charge in [-0.25, -0.2) is 4.79 Å². The zero-order chi connectivity index (χ0) is 19.4. The number of amides is 2. The van der Waals surface area contributed by atoms with Crippen LogP contribution in [0.25, 0.3) is 0 Å². The standard InChI is InChI=1S/C22H29N3O2/c1-17-10-11-18(20(26)24(17)3)16-23-21(27)25-14-7-12-22(2,13-15-25)19-8-5-4-6-9-19/h4-6,8-11H,7,12-16H2,1-3H3,(H,23,27). The number of nitrogens with zero attached hydrogens (tertiary/aromatic N) is 2. The van der Waals surface area contributed by atoms with Gasteiger partial charge in [-0.15, -0.1) is 0 Å². The monoisotopic (exact) mass is 367 g/mol. The molecule has 2 aromatic rings. The number of hydrogen-bond donors (Lipinski definition) is 1. The molecule has 1 N–H and O–H groups in total. The summed E-state index contributed by atoms with van der Waals surface area (Å²) in [6.07, 6.45) is 2.99. The van der Waals surface area contributed by atoms with Crippen molar-refractivity contribution in [3.05, 3.63) is 69.6 Å². The highest BCUT2D eigenvalue weighted by Gasteiger charge is 2.30. The predicted molar refractivity (Wildman–Crippen MR) is 108 cm³/mol. The first-order chi connectivity index (χ1) is 12.9. The third-order valence-electron chi connectivity index (χ3n) is 5.91. The molecule has 5 heteroatoms. The molecule has 1 aromatic carbocycles. The summed E-state index contributed by atoms with van der Waals surface area (Å²) in [5.41, 5.74) is 2.91. The van der Waals surface area contributed by atoms with Gasteiger partial charge >= 0.3 is 6.03 Å². The largest absolute Gasteiger partial charge is 0.334 e. The van der Waals surface area contributed by atoms with Crippen LogP contribution in [0.4, 0.5) is 4.79 Å². The van der Waals surface area contributed by atoms with Crippen LogP contribution < -0.4 is 10.9 Å². The SMILES string of the molecule is Cc1ccc(CNC(=O)N2CCCC(C)(c3ccccc3)CC2)c(=O)n1C. The number of nitrogens with one attached hydrogen (secondary N) is 1. The fourth-order valence-corrected chi connectivity index (χ4v) is 3.81. The summed E-state index contributed by atoms with van der Waals surface area (Å²) in [5.74, 6) is 0. The van der Waals surface area contributed by atoms with Crippen LogP contribution in [-0.4, -0.2) is 28.6 Å². The van der Waals surface area contributed by atoms with Crippen LogP contribution in [0.1, 0.15) is 43.0 Å². The summed E-state index contributed by atoms with van der Waals surface area (Å²) in [5, 5.41) is 2.92. The summed E-state index contributed by atoms with van der Waals surface area (Å²) in [7, 11) is 1.75. The van der Waals surface area contributed by atoms with Crippen LogP contribution in [0.3, 0.4) is 0 Å². The minimum absolute atomic E-state index is 0.0529. The lowest BCUT2D eigenvalue weighted by Gasteiger charge is -2.29. The molecule has 1 fully saturated rings. The number of likely N-dealkylation sites (tertiary alicyclic amines) is 1. The molecular formula is C22H29N3O2. The van der Waals surface area contributed by atoms with Gasteiger partial charge < -0.3 is 14.8 Å². The van der Waals surface area contributed by atoms with Crippen LogP contribution in [0.2, 0.25) is 0 Å². The van der Waals surface area contributed by atoms with E-state index in [2.05, 4.69) is 36.5 Å². The molecule has 144 valence electrons. The molecule has 1 saturated heterocycles. The van der Waals surface area contributed by atoms with Gasteiger partial charge in [0.15, 0.2) is 0 Å². The highest BCUT2D eigenvalue weighted by atomic mass is 16.2. The van der Waals surface area contributed by atoms with Gasteiger partial charge in [-0.05, 0) is 43.2 Å². The molecule has 5 nitrogen and oxygen atoms in total. The van der Waals surface area contributed by atoms with E-state index in [0.29, 0.717) is 5.56 Å². The fraction of sp³-hybridized carbons (Fsp3) is 0.455. The van der Waals surface area contributed by atoms with Crippen LogP contribution in [0.15, 0.2) is 47.3 Å². The van der Waals surface area contributed by atoms with Gasteiger partial charge in [0.05, 0.1) is 0 Å². The first-order valence-corrected chi connectivity index (χ1v) is 9.64. The molecule has 1 unspecified atom stereocenters. The highest BCUT2D eigenvalue weighted by Crippen LogP contribution is 2.34. The number of aromatic nitrogens is 1. The van der Waals surface area contributed by atoms with Crippen LogP contribution >= 0.6 is 0 Å². The van der Waals surface area contributed by atoms with E-state index in [0.717, 1.165) is 38.0 Å². The highest BCUT2D eigenvalue weighted by molar-refractivity contribution is 5.74. The average molecular weight is 367 g/mol. The van der Waals surface area contributed by atoms with E-state index in [4.69, 9.17) is 0 Å². The van der Waals surface area contributed by atoms with Crippen molar-refractivity contribution in [3.63, 3.8) is 0 Å². The molecule has 0 radical (unpaired) electrons. The Morgan fingerprint density at radius 3 is 2.59 bits per heavy atom. The first kappa shape index (κ1) is 19.2. The Bertz CT molecular complexity index is 860. The Kier molecular flexibility index (Phi) is 5.68. The lowest BCUT2D eigenvalue weighted by molar-refractivity contribution is 0.198.